The summed E-state index contributed by atoms with van der Waals surface area (Å²) in [5, 5.41) is 3.48. The Hall–Kier alpha value is -1.62. The molecule has 5 heteroatoms. The summed E-state index contributed by atoms with van der Waals surface area (Å²) < 4.78 is 16.6. The molecule has 1 aromatic carbocycles. The molecule has 0 saturated carbocycles. The zero-order chi connectivity index (χ0) is 15.6. The minimum Gasteiger partial charge on any atom is -0.493 e. The first kappa shape index (κ1) is 15.8. The number of anilines is 1. The van der Waals surface area contributed by atoms with Gasteiger partial charge >= 0.3 is 0 Å². The van der Waals surface area contributed by atoms with E-state index in [1.165, 1.54) is 5.56 Å². The van der Waals surface area contributed by atoms with Crippen molar-refractivity contribution in [3.8, 4) is 17.2 Å². The lowest BCUT2D eigenvalue weighted by molar-refractivity contribution is 0.309. The van der Waals surface area contributed by atoms with Crippen LogP contribution in [0.3, 0.4) is 0 Å². The molecule has 5 nitrogen and oxygen atoms in total. The fourth-order valence-electron chi connectivity index (χ4n) is 2.96. The Morgan fingerprint density at radius 3 is 2.33 bits per heavy atom. The molecule has 1 heterocycles. The van der Waals surface area contributed by atoms with Crippen LogP contribution in [0.4, 0.5) is 5.69 Å². The molecule has 2 rings (SSSR count). The van der Waals surface area contributed by atoms with Crippen LogP contribution in [0, 0.1) is 0 Å². The van der Waals surface area contributed by atoms with Gasteiger partial charge in [-0.15, -0.1) is 0 Å². The fourth-order valence-corrected chi connectivity index (χ4v) is 2.96. The van der Waals surface area contributed by atoms with Crippen LogP contribution >= 0.6 is 0 Å². The van der Waals surface area contributed by atoms with Gasteiger partial charge in [0, 0.05) is 29.3 Å². The minimum absolute atomic E-state index is 0.0184. The zero-order valence-electron chi connectivity index (χ0n) is 13.9. The highest BCUT2D eigenvalue weighted by molar-refractivity contribution is 5.74. The third-order valence-corrected chi connectivity index (χ3v) is 4.21. The maximum atomic E-state index is 5.67. The summed E-state index contributed by atoms with van der Waals surface area (Å²) in [7, 11) is 9.16. The first-order valence-corrected chi connectivity index (χ1v) is 7.19. The zero-order valence-corrected chi connectivity index (χ0v) is 13.9. The lowest BCUT2D eigenvalue weighted by Crippen LogP contribution is -2.30. The monoisotopic (exact) mass is 294 g/mol. The van der Waals surface area contributed by atoms with Gasteiger partial charge < -0.3 is 24.4 Å². The number of rotatable bonds is 6. The molecule has 1 atom stereocenters. The largest absolute Gasteiger partial charge is 0.493 e. The van der Waals surface area contributed by atoms with Crippen molar-refractivity contribution < 1.29 is 14.2 Å². The molecule has 0 fully saturated rings. The Morgan fingerprint density at radius 1 is 1.14 bits per heavy atom. The summed E-state index contributed by atoms with van der Waals surface area (Å²) in [5.41, 5.74) is 2.28. The van der Waals surface area contributed by atoms with E-state index in [9.17, 15) is 0 Å². The second-order valence-electron chi connectivity index (χ2n) is 6.04. The Labute approximate surface area is 127 Å². The molecule has 1 aliphatic rings. The van der Waals surface area contributed by atoms with Gasteiger partial charge in [-0.2, -0.15) is 0 Å². The van der Waals surface area contributed by atoms with Crippen LogP contribution < -0.4 is 19.5 Å². The third-order valence-electron chi connectivity index (χ3n) is 4.21. The Bertz CT molecular complexity index is 517. The minimum atomic E-state index is 0.0184. The van der Waals surface area contributed by atoms with E-state index < -0.39 is 0 Å². The van der Waals surface area contributed by atoms with Crippen LogP contribution in [-0.4, -0.2) is 53.4 Å². The summed E-state index contributed by atoms with van der Waals surface area (Å²) >= 11 is 0. The summed E-state index contributed by atoms with van der Waals surface area (Å²) in [5.74, 6) is 2.13. The van der Waals surface area contributed by atoms with Crippen molar-refractivity contribution in [3.63, 3.8) is 0 Å². The van der Waals surface area contributed by atoms with E-state index in [2.05, 4.69) is 31.2 Å². The quantitative estimate of drug-likeness (QED) is 0.872. The second kappa shape index (κ2) is 6.02. The number of benzene rings is 1. The highest BCUT2D eigenvalue weighted by Crippen LogP contribution is 2.52. The van der Waals surface area contributed by atoms with Crippen LogP contribution in [0.5, 0.6) is 17.2 Å². The van der Waals surface area contributed by atoms with Crippen molar-refractivity contribution in [2.75, 3.05) is 53.8 Å². The maximum Gasteiger partial charge on any atom is 0.203 e. The predicted octanol–water partition coefficient (Wildman–Crippen LogP) is 2.35. The average Bonchev–Trinajstić information content (AvgIpc) is 2.81. The van der Waals surface area contributed by atoms with Gasteiger partial charge in [-0.1, -0.05) is 6.92 Å². The summed E-state index contributed by atoms with van der Waals surface area (Å²) in [6.07, 6.45) is 1.05. The van der Waals surface area contributed by atoms with Crippen LogP contribution in [-0.2, 0) is 5.41 Å². The number of nitrogens with zero attached hydrogens (tertiary/aromatic N) is 1. The van der Waals surface area contributed by atoms with E-state index in [4.69, 9.17) is 14.2 Å². The first-order valence-electron chi connectivity index (χ1n) is 7.19. The molecule has 1 aliphatic heterocycles. The molecule has 0 amide bonds. The Morgan fingerprint density at radius 2 is 1.81 bits per heavy atom. The van der Waals surface area contributed by atoms with Crippen molar-refractivity contribution in [1.29, 1.82) is 0 Å². The van der Waals surface area contributed by atoms with E-state index in [1.54, 1.807) is 21.3 Å². The maximum absolute atomic E-state index is 5.67. The summed E-state index contributed by atoms with van der Waals surface area (Å²) in [6.45, 7) is 4.18. The van der Waals surface area contributed by atoms with Gasteiger partial charge in [-0.25, -0.2) is 0 Å². The van der Waals surface area contributed by atoms with Gasteiger partial charge in [0.05, 0.1) is 21.3 Å². The van der Waals surface area contributed by atoms with E-state index in [1.807, 2.05) is 6.07 Å². The van der Waals surface area contributed by atoms with E-state index in [0.29, 0.717) is 11.5 Å². The van der Waals surface area contributed by atoms with Gasteiger partial charge in [0.1, 0.15) is 0 Å². The molecule has 0 bridgehead atoms. The van der Waals surface area contributed by atoms with Crippen molar-refractivity contribution >= 4 is 5.69 Å². The van der Waals surface area contributed by atoms with E-state index in [-0.39, 0.29) is 5.41 Å². The van der Waals surface area contributed by atoms with Crippen molar-refractivity contribution in [1.82, 2.24) is 4.90 Å². The second-order valence-corrected chi connectivity index (χ2v) is 6.04. The number of methoxy groups -OCH3 is 3. The van der Waals surface area contributed by atoms with Crippen molar-refractivity contribution in [2.24, 2.45) is 0 Å². The molecule has 1 aromatic rings. The third kappa shape index (κ3) is 2.75. The summed E-state index contributed by atoms with van der Waals surface area (Å²) in [4.78, 5) is 2.20. The molecular formula is C16H26N2O3. The number of fused-ring (bicyclic) bond motifs is 1. The SMILES string of the molecule is COc1cc2c(c(OC)c1OC)C(C)(CCN(C)C)CN2. The standard InChI is InChI=1S/C16H26N2O3/c1-16(7-8-18(2)3)10-17-11-9-12(19-4)14(20-5)15(21-6)13(11)16/h9,17H,7-8,10H2,1-6H3. The average molecular weight is 294 g/mol. The van der Waals surface area contributed by atoms with Gasteiger partial charge in [0.2, 0.25) is 5.75 Å². The van der Waals surface area contributed by atoms with E-state index in [0.717, 1.165) is 30.9 Å². The van der Waals surface area contributed by atoms with Gasteiger partial charge in [0.15, 0.2) is 11.5 Å². The van der Waals surface area contributed by atoms with Gasteiger partial charge in [-0.05, 0) is 27.1 Å². The number of hydrogen-bond donors (Lipinski definition) is 1. The topological polar surface area (TPSA) is 43.0 Å². The highest BCUT2D eigenvalue weighted by atomic mass is 16.5. The van der Waals surface area contributed by atoms with Crippen LogP contribution in [0.25, 0.3) is 0 Å². The number of ether oxygens (including phenoxy) is 3. The fraction of sp³-hybridized carbons (Fsp3) is 0.625. The van der Waals surface area contributed by atoms with Crippen molar-refractivity contribution in [2.45, 2.75) is 18.8 Å². The normalized spacial score (nSPS) is 20.1. The van der Waals surface area contributed by atoms with Crippen LogP contribution in [0.15, 0.2) is 6.07 Å². The lowest BCUT2D eigenvalue weighted by Gasteiger charge is -2.28. The molecule has 0 aromatic heterocycles. The molecule has 0 spiro atoms. The molecule has 0 aliphatic carbocycles. The molecule has 0 radical (unpaired) electrons. The van der Waals surface area contributed by atoms with Gasteiger partial charge in [-0.3, -0.25) is 0 Å². The van der Waals surface area contributed by atoms with E-state index >= 15 is 0 Å². The molecule has 1 N–H and O–H groups in total. The Balaban J connectivity index is 2.51. The molecule has 1 unspecified atom stereocenters. The molecule has 21 heavy (non-hydrogen) atoms. The highest BCUT2D eigenvalue weighted by Gasteiger charge is 2.39. The number of nitrogens with one attached hydrogen (secondary N) is 1. The smallest absolute Gasteiger partial charge is 0.203 e. The first-order chi connectivity index (χ1) is 9.96. The lowest BCUT2D eigenvalue weighted by atomic mass is 9.80. The molecule has 0 saturated heterocycles. The Kier molecular flexibility index (Phi) is 4.52. The van der Waals surface area contributed by atoms with Gasteiger partial charge in [0.25, 0.3) is 0 Å². The summed E-state index contributed by atoms with van der Waals surface area (Å²) in [6, 6.07) is 2.00. The van der Waals surface area contributed by atoms with Crippen LogP contribution in [0.1, 0.15) is 18.9 Å². The number of hydrogen-bond acceptors (Lipinski definition) is 5. The van der Waals surface area contributed by atoms with Crippen LogP contribution in [0.2, 0.25) is 0 Å². The molecule has 118 valence electrons. The van der Waals surface area contributed by atoms with Crippen molar-refractivity contribution in [3.05, 3.63) is 11.6 Å². The molecular weight excluding hydrogens is 268 g/mol. The predicted molar refractivity (Wildman–Crippen MR) is 85.1 cm³/mol.